The summed E-state index contributed by atoms with van der Waals surface area (Å²) in [5, 5.41) is 2.89. The fraction of sp³-hybridized carbons (Fsp3) is 0.222. The summed E-state index contributed by atoms with van der Waals surface area (Å²) in [5.74, 6) is -0.422. The molecule has 1 heterocycles. The quantitative estimate of drug-likeness (QED) is 0.772. The van der Waals surface area contributed by atoms with Crippen LogP contribution in [0.5, 0.6) is 0 Å². The first-order chi connectivity index (χ1) is 11.0. The van der Waals surface area contributed by atoms with Crippen LogP contribution in [0, 0.1) is 16.4 Å². The van der Waals surface area contributed by atoms with E-state index in [0.29, 0.717) is 6.54 Å². The Morgan fingerprint density at radius 1 is 1.13 bits per heavy atom. The van der Waals surface area contributed by atoms with Gasteiger partial charge in [-0.05, 0) is 65.9 Å². The van der Waals surface area contributed by atoms with Gasteiger partial charge in [0.2, 0.25) is 11.8 Å². The first-order valence-electron chi connectivity index (χ1n) is 7.46. The molecule has 2 aromatic rings. The number of aryl methyl sites for hydroxylation is 1. The predicted octanol–water partition coefficient (Wildman–Crippen LogP) is 3.59. The second-order valence-corrected chi connectivity index (χ2v) is 6.98. The van der Waals surface area contributed by atoms with Crippen molar-refractivity contribution in [2.75, 3.05) is 16.8 Å². The summed E-state index contributed by atoms with van der Waals surface area (Å²) in [7, 11) is 0. The molecule has 2 amide bonds. The van der Waals surface area contributed by atoms with Crippen LogP contribution in [0.2, 0.25) is 0 Å². The van der Waals surface area contributed by atoms with E-state index in [-0.39, 0.29) is 24.2 Å². The summed E-state index contributed by atoms with van der Waals surface area (Å²) in [6.45, 7) is 2.44. The van der Waals surface area contributed by atoms with Crippen LogP contribution in [0.1, 0.15) is 12.0 Å². The number of carbonyl (C=O) groups is 2. The average Bonchev–Trinajstić information content (AvgIpc) is 2.92. The molecule has 0 saturated carbocycles. The number of nitrogens with one attached hydrogen (secondary N) is 1. The van der Waals surface area contributed by atoms with Gasteiger partial charge in [0.1, 0.15) is 0 Å². The van der Waals surface area contributed by atoms with Crippen LogP contribution in [0.15, 0.2) is 48.5 Å². The lowest BCUT2D eigenvalue weighted by Gasteiger charge is -2.17. The number of nitrogens with zero attached hydrogens (tertiary/aromatic N) is 1. The minimum atomic E-state index is -0.317. The Kier molecular flexibility index (Phi) is 4.66. The Morgan fingerprint density at radius 2 is 1.78 bits per heavy atom. The molecular formula is C18H17IN2O2. The number of benzene rings is 2. The van der Waals surface area contributed by atoms with Crippen molar-refractivity contribution in [2.45, 2.75) is 13.3 Å². The number of halogens is 1. The third kappa shape index (κ3) is 3.72. The molecule has 0 bridgehead atoms. The van der Waals surface area contributed by atoms with Crippen LogP contribution in [-0.2, 0) is 9.59 Å². The van der Waals surface area contributed by atoms with Crippen LogP contribution in [-0.4, -0.2) is 18.4 Å². The van der Waals surface area contributed by atoms with Gasteiger partial charge in [0.05, 0.1) is 5.92 Å². The summed E-state index contributed by atoms with van der Waals surface area (Å²) >= 11 is 2.22. The number of carbonyl (C=O) groups excluding carboxylic acids is 2. The van der Waals surface area contributed by atoms with E-state index in [1.807, 2.05) is 55.5 Å². The van der Waals surface area contributed by atoms with Crippen molar-refractivity contribution in [1.82, 2.24) is 0 Å². The molecular weight excluding hydrogens is 403 g/mol. The third-order valence-electron chi connectivity index (χ3n) is 3.95. The molecule has 0 spiro atoms. The Bertz CT molecular complexity index is 726. The number of anilines is 2. The highest BCUT2D eigenvalue weighted by atomic mass is 127. The van der Waals surface area contributed by atoms with Gasteiger partial charge in [0, 0.05) is 27.9 Å². The molecule has 3 rings (SSSR count). The summed E-state index contributed by atoms with van der Waals surface area (Å²) in [6.07, 6.45) is 0.254. The lowest BCUT2D eigenvalue weighted by Crippen LogP contribution is -2.28. The highest BCUT2D eigenvalue weighted by molar-refractivity contribution is 14.1. The highest BCUT2D eigenvalue weighted by Gasteiger charge is 2.35. The average molecular weight is 420 g/mol. The van der Waals surface area contributed by atoms with E-state index >= 15 is 0 Å². The van der Waals surface area contributed by atoms with Crippen LogP contribution in [0.4, 0.5) is 11.4 Å². The van der Waals surface area contributed by atoms with Gasteiger partial charge in [-0.2, -0.15) is 0 Å². The van der Waals surface area contributed by atoms with Crippen molar-refractivity contribution in [3.8, 4) is 0 Å². The van der Waals surface area contributed by atoms with E-state index in [4.69, 9.17) is 0 Å². The Morgan fingerprint density at radius 3 is 2.43 bits per heavy atom. The van der Waals surface area contributed by atoms with Crippen molar-refractivity contribution >= 4 is 45.8 Å². The number of amides is 2. The molecule has 0 aliphatic carbocycles. The molecule has 1 fully saturated rings. The van der Waals surface area contributed by atoms with Gasteiger partial charge in [-0.1, -0.05) is 17.7 Å². The van der Waals surface area contributed by atoms with E-state index in [0.717, 1.165) is 20.5 Å². The molecule has 2 aromatic carbocycles. The van der Waals surface area contributed by atoms with Gasteiger partial charge in [0.25, 0.3) is 0 Å². The minimum absolute atomic E-state index is 0.00314. The zero-order valence-electron chi connectivity index (χ0n) is 12.8. The zero-order valence-corrected chi connectivity index (χ0v) is 14.9. The molecule has 0 radical (unpaired) electrons. The third-order valence-corrected chi connectivity index (χ3v) is 4.67. The van der Waals surface area contributed by atoms with Crippen molar-refractivity contribution in [3.63, 3.8) is 0 Å². The monoisotopic (exact) mass is 420 g/mol. The standard InChI is InChI=1S/C18H17IN2O2/c1-12-2-8-16(9-3-12)21-11-13(10-17(21)22)18(23)20-15-6-4-14(19)5-7-15/h2-9,13H,10-11H2,1H3,(H,20,23)/t13-/m0/s1. The largest absolute Gasteiger partial charge is 0.326 e. The van der Waals surface area contributed by atoms with E-state index < -0.39 is 0 Å². The lowest BCUT2D eigenvalue weighted by molar-refractivity contribution is -0.122. The maximum Gasteiger partial charge on any atom is 0.229 e. The molecule has 1 atom stereocenters. The molecule has 5 heteroatoms. The van der Waals surface area contributed by atoms with E-state index in [9.17, 15) is 9.59 Å². The molecule has 0 unspecified atom stereocenters. The van der Waals surface area contributed by atoms with Crippen LogP contribution < -0.4 is 10.2 Å². The van der Waals surface area contributed by atoms with Crippen molar-refractivity contribution in [3.05, 3.63) is 57.7 Å². The van der Waals surface area contributed by atoms with Crippen molar-refractivity contribution < 1.29 is 9.59 Å². The second kappa shape index (κ2) is 6.70. The maximum atomic E-state index is 12.4. The fourth-order valence-electron chi connectivity index (χ4n) is 2.63. The predicted molar refractivity (Wildman–Crippen MR) is 99.4 cm³/mol. The van der Waals surface area contributed by atoms with Gasteiger partial charge in [-0.3, -0.25) is 9.59 Å². The van der Waals surface area contributed by atoms with Crippen LogP contribution in [0.25, 0.3) is 0 Å². The summed E-state index contributed by atoms with van der Waals surface area (Å²) < 4.78 is 1.11. The first-order valence-corrected chi connectivity index (χ1v) is 8.54. The molecule has 1 aliphatic rings. The fourth-order valence-corrected chi connectivity index (χ4v) is 2.99. The summed E-state index contributed by atoms with van der Waals surface area (Å²) in [4.78, 5) is 26.3. The van der Waals surface area contributed by atoms with Crippen LogP contribution >= 0.6 is 22.6 Å². The van der Waals surface area contributed by atoms with Crippen molar-refractivity contribution in [1.29, 1.82) is 0 Å². The highest BCUT2D eigenvalue weighted by Crippen LogP contribution is 2.26. The molecule has 1 saturated heterocycles. The molecule has 4 nitrogen and oxygen atoms in total. The lowest BCUT2D eigenvalue weighted by atomic mass is 10.1. The topological polar surface area (TPSA) is 49.4 Å². The molecule has 23 heavy (non-hydrogen) atoms. The van der Waals surface area contributed by atoms with E-state index in [2.05, 4.69) is 27.9 Å². The Balaban J connectivity index is 1.68. The first kappa shape index (κ1) is 16.0. The number of rotatable bonds is 3. The summed E-state index contributed by atoms with van der Waals surface area (Å²) in [6, 6.07) is 15.4. The second-order valence-electron chi connectivity index (χ2n) is 5.74. The van der Waals surface area contributed by atoms with Gasteiger partial charge in [0.15, 0.2) is 0 Å². The Hall–Kier alpha value is -1.89. The number of hydrogen-bond donors (Lipinski definition) is 1. The van der Waals surface area contributed by atoms with Gasteiger partial charge >= 0.3 is 0 Å². The smallest absolute Gasteiger partial charge is 0.229 e. The molecule has 1 N–H and O–H groups in total. The van der Waals surface area contributed by atoms with Gasteiger partial charge in [-0.25, -0.2) is 0 Å². The Labute approximate surface area is 149 Å². The molecule has 1 aliphatic heterocycles. The normalized spacial score (nSPS) is 17.4. The summed E-state index contributed by atoms with van der Waals surface area (Å²) in [5.41, 5.74) is 2.76. The van der Waals surface area contributed by atoms with Gasteiger partial charge < -0.3 is 10.2 Å². The van der Waals surface area contributed by atoms with Gasteiger partial charge in [-0.15, -0.1) is 0 Å². The van der Waals surface area contributed by atoms with E-state index in [1.165, 1.54) is 0 Å². The zero-order chi connectivity index (χ0) is 16.4. The maximum absolute atomic E-state index is 12.4. The van der Waals surface area contributed by atoms with Crippen LogP contribution in [0.3, 0.4) is 0 Å². The SMILES string of the molecule is Cc1ccc(N2C[C@@H](C(=O)Nc3ccc(I)cc3)CC2=O)cc1. The molecule has 118 valence electrons. The minimum Gasteiger partial charge on any atom is -0.326 e. The van der Waals surface area contributed by atoms with Crippen molar-refractivity contribution in [2.24, 2.45) is 5.92 Å². The molecule has 0 aromatic heterocycles. The van der Waals surface area contributed by atoms with E-state index in [1.54, 1.807) is 4.90 Å². The number of hydrogen-bond acceptors (Lipinski definition) is 2.